The van der Waals surface area contributed by atoms with Gasteiger partial charge in [0.25, 0.3) is 5.56 Å². The average molecular weight is 441 g/mol. The highest BCUT2D eigenvalue weighted by Crippen LogP contribution is 2.33. The highest BCUT2D eigenvalue weighted by atomic mass is 16.5. The van der Waals surface area contributed by atoms with E-state index in [4.69, 9.17) is 9.47 Å². The molecule has 1 fully saturated rings. The molecule has 2 amide bonds. The normalized spacial score (nSPS) is 20.2. The van der Waals surface area contributed by atoms with Gasteiger partial charge in [-0.2, -0.15) is 4.98 Å². The summed E-state index contributed by atoms with van der Waals surface area (Å²) in [4.78, 5) is 47.8. The van der Waals surface area contributed by atoms with E-state index in [1.54, 1.807) is 18.2 Å². The first-order valence-electron chi connectivity index (χ1n) is 10.6. The Hall–Kier alpha value is -3.56. The highest BCUT2D eigenvalue weighted by Gasteiger charge is 2.35. The fourth-order valence-electron chi connectivity index (χ4n) is 4.24. The van der Waals surface area contributed by atoms with Crippen LogP contribution in [0.4, 0.5) is 17.5 Å². The van der Waals surface area contributed by atoms with E-state index < -0.39 is 17.4 Å². The standard InChI is InChI=1S/C22H27N5O5/c1-12-5-4-8-27(11-12)22-25-19-18(21(30)26-22)14(10-17(28)24-19)20(29)23-15-7-6-13(31-2)9-16(15)32-3/h6-7,9,12,14H,4-5,8,10-11H2,1-3H3,(H,23,29)(H2,24,25,26,28,30). The van der Waals surface area contributed by atoms with Crippen molar-refractivity contribution < 1.29 is 19.1 Å². The fraction of sp³-hybridized carbons (Fsp3) is 0.455. The van der Waals surface area contributed by atoms with Crippen molar-refractivity contribution in [1.82, 2.24) is 9.97 Å². The summed E-state index contributed by atoms with van der Waals surface area (Å²) in [5.74, 6) is 0.182. The number of nitrogens with zero attached hydrogens (tertiary/aromatic N) is 2. The second-order valence-corrected chi connectivity index (χ2v) is 8.21. The molecule has 4 rings (SSSR count). The first-order chi connectivity index (χ1) is 15.4. The van der Waals surface area contributed by atoms with E-state index in [9.17, 15) is 14.4 Å². The van der Waals surface area contributed by atoms with E-state index in [1.807, 2.05) is 4.90 Å². The molecule has 3 N–H and O–H groups in total. The van der Waals surface area contributed by atoms with Gasteiger partial charge >= 0.3 is 0 Å². The van der Waals surface area contributed by atoms with Crippen molar-refractivity contribution in [2.45, 2.75) is 32.1 Å². The van der Waals surface area contributed by atoms with Crippen molar-refractivity contribution in [3.05, 3.63) is 34.1 Å². The number of anilines is 3. The minimum atomic E-state index is -0.976. The molecule has 2 atom stereocenters. The summed E-state index contributed by atoms with van der Waals surface area (Å²) in [6, 6.07) is 4.96. The number of ether oxygens (including phenoxy) is 2. The number of benzene rings is 1. The number of piperidine rings is 1. The quantitative estimate of drug-likeness (QED) is 0.649. The van der Waals surface area contributed by atoms with Crippen LogP contribution in [0.3, 0.4) is 0 Å². The Kier molecular flexibility index (Phi) is 6.02. The van der Waals surface area contributed by atoms with Gasteiger partial charge in [0.05, 0.1) is 31.4 Å². The lowest BCUT2D eigenvalue weighted by molar-refractivity contribution is -0.123. The number of nitrogens with one attached hydrogen (secondary N) is 3. The number of rotatable bonds is 5. The molecule has 0 aliphatic carbocycles. The van der Waals surface area contributed by atoms with E-state index in [2.05, 4.69) is 27.5 Å². The zero-order valence-electron chi connectivity index (χ0n) is 18.4. The van der Waals surface area contributed by atoms with Crippen molar-refractivity contribution in [1.29, 1.82) is 0 Å². The molecule has 32 heavy (non-hydrogen) atoms. The third-order valence-electron chi connectivity index (χ3n) is 5.88. The summed E-state index contributed by atoms with van der Waals surface area (Å²) in [6.45, 7) is 3.70. The first kappa shape index (κ1) is 21.7. The minimum absolute atomic E-state index is 0.139. The molecule has 3 heterocycles. The first-order valence-corrected chi connectivity index (χ1v) is 10.6. The van der Waals surface area contributed by atoms with Crippen LogP contribution in [0, 0.1) is 5.92 Å². The number of methoxy groups -OCH3 is 2. The van der Waals surface area contributed by atoms with Crippen molar-refractivity contribution in [3.63, 3.8) is 0 Å². The zero-order valence-corrected chi connectivity index (χ0v) is 18.4. The molecule has 170 valence electrons. The molecular formula is C22H27N5O5. The Morgan fingerprint density at radius 2 is 2.06 bits per heavy atom. The van der Waals surface area contributed by atoms with E-state index in [0.717, 1.165) is 25.9 Å². The largest absolute Gasteiger partial charge is 0.497 e. The van der Waals surface area contributed by atoms with E-state index in [-0.39, 0.29) is 23.7 Å². The molecule has 10 heteroatoms. The molecule has 1 saturated heterocycles. The maximum absolute atomic E-state index is 13.1. The van der Waals surface area contributed by atoms with Gasteiger partial charge in [0.15, 0.2) is 0 Å². The summed E-state index contributed by atoms with van der Waals surface area (Å²) < 4.78 is 10.5. The number of aromatic amines is 1. The lowest BCUT2D eigenvalue weighted by Gasteiger charge is -2.32. The second-order valence-electron chi connectivity index (χ2n) is 8.21. The third-order valence-corrected chi connectivity index (χ3v) is 5.88. The van der Waals surface area contributed by atoms with Gasteiger partial charge in [-0.15, -0.1) is 0 Å². The van der Waals surface area contributed by atoms with E-state index in [0.29, 0.717) is 29.1 Å². The number of carbonyl (C=O) groups is 2. The third kappa shape index (κ3) is 4.25. The summed E-state index contributed by atoms with van der Waals surface area (Å²) >= 11 is 0. The van der Waals surface area contributed by atoms with Crippen molar-refractivity contribution >= 4 is 29.3 Å². The fourth-order valence-corrected chi connectivity index (χ4v) is 4.24. The van der Waals surface area contributed by atoms with Crippen LogP contribution in [0.2, 0.25) is 0 Å². The molecule has 0 radical (unpaired) electrons. The molecular weight excluding hydrogens is 414 g/mol. The minimum Gasteiger partial charge on any atom is -0.497 e. The van der Waals surface area contributed by atoms with Crippen molar-refractivity contribution in [2.24, 2.45) is 5.92 Å². The SMILES string of the molecule is COc1ccc(NC(=O)C2CC(=O)Nc3nc(N4CCCC(C)C4)[nH]c(=O)c32)c(OC)c1. The molecule has 2 aliphatic rings. The van der Waals surface area contributed by atoms with Crippen LogP contribution in [0.1, 0.15) is 37.7 Å². The Bertz CT molecular complexity index is 1100. The topological polar surface area (TPSA) is 126 Å². The molecule has 2 aliphatic heterocycles. The highest BCUT2D eigenvalue weighted by molar-refractivity contribution is 6.05. The van der Waals surface area contributed by atoms with Crippen LogP contribution >= 0.6 is 0 Å². The van der Waals surface area contributed by atoms with Gasteiger partial charge in [0.2, 0.25) is 17.8 Å². The van der Waals surface area contributed by atoms with Gasteiger partial charge in [0, 0.05) is 25.6 Å². The number of hydrogen-bond acceptors (Lipinski definition) is 7. The smallest absolute Gasteiger partial charge is 0.258 e. The van der Waals surface area contributed by atoms with Crippen LogP contribution in [-0.4, -0.2) is 49.1 Å². The summed E-state index contributed by atoms with van der Waals surface area (Å²) in [5.41, 5.74) is 0.141. The monoisotopic (exact) mass is 441 g/mol. The van der Waals surface area contributed by atoms with Gasteiger partial charge in [-0.25, -0.2) is 0 Å². The Labute approximate surface area is 185 Å². The molecule has 0 saturated carbocycles. The summed E-state index contributed by atoms with van der Waals surface area (Å²) in [6.07, 6.45) is 1.98. The van der Waals surface area contributed by atoms with Gasteiger partial charge in [-0.3, -0.25) is 19.4 Å². The Morgan fingerprint density at radius 3 is 2.78 bits per heavy atom. The molecule has 0 bridgehead atoms. The Morgan fingerprint density at radius 1 is 1.25 bits per heavy atom. The van der Waals surface area contributed by atoms with Gasteiger partial charge in [-0.1, -0.05) is 6.92 Å². The predicted octanol–water partition coefficient (Wildman–Crippen LogP) is 2.09. The second kappa shape index (κ2) is 8.89. The molecule has 2 aromatic rings. The van der Waals surface area contributed by atoms with E-state index >= 15 is 0 Å². The summed E-state index contributed by atoms with van der Waals surface area (Å²) in [7, 11) is 3.01. The number of amides is 2. The van der Waals surface area contributed by atoms with Crippen LogP contribution < -0.4 is 30.6 Å². The van der Waals surface area contributed by atoms with Crippen LogP contribution in [0.25, 0.3) is 0 Å². The number of hydrogen-bond donors (Lipinski definition) is 3. The molecule has 10 nitrogen and oxygen atoms in total. The van der Waals surface area contributed by atoms with Gasteiger partial charge < -0.3 is 25.0 Å². The van der Waals surface area contributed by atoms with Crippen LogP contribution in [0.15, 0.2) is 23.0 Å². The van der Waals surface area contributed by atoms with Crippen LogP contribution in [-0.2, 0) is 9.59 Å². The van der Waals surface area contributed by atoms with Crippen LogP contribution in [0.5, 0.6) is 11.5 Å². The van der Waals surface area contributed by atoms with E-state index in [1.165, 1.54) is 14.2 Å². The Balaban J connectivity index is 1.64. The summed E-state index contributed by atoms with van der Waals surface area (Å²) in [5, 5.41) is 5.42. The molecule has 1 aromatic heterocycles. The number of H-pyrrole nitrogens is 1. The molecule has 1 aromatic carbocycles. The van der Waals surface area contributed by atoms with Crippen molar-refractivity contribution in [3.8, 4) is 11.5 Å². The molecule has 2 unspecified atom stereocenters. The zero-order chi connectivity index (χ0) is 22.8. The maximum atomic E-state index is 13.1. The number of aromatic nitrogens is 2. The van der Waals surface area contributed by atoms with Gasteiger partial charge in [-0.05, 0) is 30.9 Å². The number of carbonyl (C=O) groups excluding carboxylic acids is 2. The maximum Gasteiger partial charge on any atom is 0.258 e. The van der Waals surface area contributed by atoms with Crippen molar-refractivity contribution in [2.75, 3.05) is 42.8 Å². The number of fused-ring (bicyclic) bond motifs is 1. The van der Waals surface area contributed by atoms with Gasteiger partial charge in [0.1, 0.15) is 17.3 Å². The molecule has 0 spiro atoms. The lowest BCUT2D eigenvalue weighted by atomic mass is 9.92. The average Bonchev–Trinajstić information content (AvgIpc) is 2.78. The lowest BCUT2D eigenvalue weighted by Crippen LogP contribution is -2.40. The predicted molar refractivity (Wildman–Crippen MR) is 120 cm³/mol.